The number of nitro benzene ring substituents is 1. The van der Waals surface area contributed by atoms with Gasteiger partial charge in [-0.3, -0.25) is 28.8 Å². The molecule has 1 aliphatic heterocycles. The maximum Gasteiger partial charge on any atom is 0.490 e. The summed E-state index contributed by atoms with van der Waals surface area (Å²) in [6.07, 6.45) is -3.12. The van der Waals surface area contributed by atoms with Crippen LogP contribution in [0.15, 0.2) is 45.5 Å². The van der Waals surface area contributed by atoms with Crippen molar-refractivity contribution in [1.29, 1.82) is 0 Å². The van der Waals surface area contributed by atoms with Crippen LogP contribution in [0.2, 0.25) is 0 Å². The van der Waals surface area contributed by atoms with Gasteiger partial charge in [-0.1, -0.05) is 23.8 Å². The second-order valence-electron chi connectivity index (χ2n) is 9.45. The summed E-state index contributed by atoms with van der Waals surface area (Å²) < 4.78 is 35.6. The number of benzene rings is 1. The minimum atomic E-state index is -5.08. The fourth-order valence-corrected chi connectivity index (χ4v) is 4.15. The van der Waals surface area contributed by atoms with Crippen LogP contribution in [0, 0.1) is 10.1 Å². The monoisotopic (exact) mass is 595 g/mol. The molecule has 14 nitrogen and oxygen atoms in total. The number of carbonyl (C=O) groups is 2. The van der Waals surface area contributed by atoms with E-state index in [9.17, 15) is 37.7 Å². The molecule has 4 rings (SSSR count). The number of para-hydroxylation sites is 1. The van der Waals surface area contributed by atoms with Crippen LogP contribution in [0.4, 0.5) is 24.8 Å². The average Bonchev–Trinajstić information content (AvgIpc) is 3.33. The number of carboxylic acids is 1. The van der Waals surface area contributed by atoms with Crippen molar-refractivity contribution in [1.82, 2.24) is 24.0 Å². The average molecular weight is 596 g/mol. The van der Waals surface area contributed by atoms with Crippen LogP contribution >= 0.6 is 0 Å². The first-order valence-corrected chi connectivity index (χ1v) is 12.5. The SMILES string of the molecule is CC(C)=CCn1c(N2CCNCC2)nc2c1c(=O)n(CC(=O)c1ccccc1[N+](=O)[O-])c(=O)n2C.O=C(O)C(F)(F)F. The molecule has 3 aromatic rings. The number of halogens is 3. The fraction of sp³-hybridized carbons (Fsp3) is 0.400. The molecule has 1 saturated heterocycles. The number of nitrogens with zero attached hydrogens (tertiary/aromatic N) is 6. The Morgan fingerprint density at radius 3 is 2.29 bits per heavy atom. The van der Waals surface area contributed by atoms with Crippen molar-refractivity contribution in [3.63, 3.8) is 0 Å². The molecule has 0 unspecified atom stereocenters. The van der Waals surface area contributed by atoms with Crippen molar-refractivity contribution in [3.05, 3.63) is 72.4 Å². The number of anilines is 1. The van der Waals surface area contributed by atoms with E-state index in [1.807, 2.05) is 19.9 Å². The Morgan fingerprint density at radius 2 is 1.74 bits per heavy atom. The van der Waals surface area contributed by atoms with Gasteiger partial charge in [-0.15, -0.1) is 0 Å². The molecule has 2 N–H and O–H groups in total. The highest BCUT2D eigenvalue weighted by Crippen LogP contribution is 2.22. The van der Waals surface area contributed by atoms with E-state index in [1.165, 1.54) is 35.9 Å². The Hall–Kier alpha value is -4.80. The third-order valence-electron chi connectivity index (χ3n) is 6.24. The number of aryl methyl sites for hydroxylation is 1. The second kappa shape index (κ2) is 12.8. The Bertz CT molecular complexity index is 1660. The standard InChI is InChI=1S/C23H27N7O5.C2HF3O2/c1-15(2)8-11-28-19-20(25-22(28)27-12-9-24-10-13-27)26(3)23(33)29(21(19)32)14-18(31)16-6-4-5-7-17(16)30(34)35;3-2(4,5)1(6)7/h4-8,24H,9-14H2,1-3H3;(H,6,7). The Kier molecular flexibility index (Phi) is 9.67. The minimum absolute atomic E-state index is 0.161. The first kappa shape index (κ1) is 31.7. The molecule has 1 fully saturated rings. The largest absolute Gasteiger partial charge is 0.490 e. The number of piperazine rings is 1. The van der Waals surface area contributed by atoms with E-state index >= 15 is 0 Å². The summed E-state index contributed by atoms with van der Waals surface area (Å²) in [6, 6.07) is 5.48. The van der Waals surface area contributed by atoms with Crippen LogP contribution in [0.25, 0.3) is 11.2 Å². The third kappa shape index (κ3) is 6.91. The van der Waals surface area contributed by atoms with E-state index in [4.69, 9.17) is 9.90 Å². The Morgan fingerprint density at radius 1 is 1.14 bits per heavy atom. The van der Waals surface area contributed by atoms with Gasteiger partial charge in [-0.25, -0.2) is 9.59 Å². The first-order chi connectivity index (χ1) is 19.6. The van der Waals surface area contributed by atoms with E-state index in [1.54, 1.807) is 4.57 Å². The third-order valence-corrected chi connectivity index (χ3v) is 6.24. The predicted molar refractivity (Wildman–Crippen MR) is 145 cm³/mol. The number of hydrogen-bond acceptors (Lipinski definition) is 9. The molecule has 0 saturated carbocycles. The van der Waals surface area contributed by atoms with Gasteiger partial charge < -0.3 is 19.9 Å². The number of alkyl halides is 3. The number of carboxylic acid groups (broad SMARTS) is 1. The summed E-state index contributed by atoms with van der Waals surface area (Å²) in [4.78, 5) is 66.0. The lowest BCUT2D eigenvalue weighted by Gasteiger charge is -2.28. The molecule has 1 aromatic carbocycles. The van der Waals surface area contributed by atoms with Gasteiger partial charge in [0.15, 0.2) is 16.9 Å². The molecule has 0 spiro atoms. The van der Waals surface area contributed by atoms with E-state index in [-0.39, 0.29) is 22.4 Å². The highest BCUT2D eigenvalue weighted by Gasteiger charge is 2.38. The van der Waals surface area contributed by atoms with Gasteiger partial charge in [0.1, 0.15) is 0 Å². The zero-order chi connectivity index (χ0) is 31.4. The summed E-state index contributed by atoms with van der Waals surface area (Å²) in [6.45, 7) is 6.55. The second-order valence-corrected chi connectivity index (χ2v) is 9.45. The van der Waals surface area contributed by atoms with E-state index < -0.39 is 40.6 Å². The number of carbonyl (C=O) groups excluding carboxylic acids is 1. The highest BCUT2D eigenvalue weighted by atomic mass is 19.4. The van der Waals surface area contributed by atoms with Gasteiger partial charge >= 0.3 is 17.8 Å². The molecule has 0 amide bonds. The molecule has 2 aromatic heterocycles. The quantitative estimate of drug-likeness (QED) is 0.177. The zero-order valence-corrected chi connectivity index (χ0v) is 22.8. The van der Waals surface area contributed by atoms with E-state index in [2.05, 4.69) is 15.2 Å². The van der Waals surface area contributed by atoms with Crippen LogP contribution in [0.1, 0.15) is 24.2 Å². The summed E-state index contributed by atoms with van der Waals surface area (Å²) in [5.74, 6) is -2.88. The fourth-order valence-electron chi connectivity index (χ4n) is 4.15. The minimum Gasteiger partial charge on any atom is -0.475 e. The summed E-state index contributed by atoms with van der Waals surface area (Å²) in [7, 11) is 1.50. The van der Waals surface area contributed by atoms with Crippen molar-refractivity contribution < 1.29 is 32.8 Å². The maximum atomic E-state index is 13.6. The molecule has 226 valence electrons. The number of Topliss-reactive ketones (excluding diaryl/α,β-unsaturated/α-hetero) is 1. The van der Waals surface area contributed by atoms with Crippen LogP contribution < -0.4 is 21.5 Å². The molecule has 0 aliphatic carbocycles. The van der Waals surface area contributed by atoms with Crippen molar-refractivity contribution in [2.75, 3.05) is 31.1 Å². The molecule has 3 heterocycles. The van der Waals surface area contributed by atoms with Gasteiger partial charge in [-0.05, 0) is 19.9 Å². The topological polar surface area (TPSA) is 175 Å². The van der Waals surface area contributed by atoms with Crippen molar-refractivity contribution in [2.24, 2.45) is 7.05 Å². The predicted octanol–water partition coefficient (Wildman–Crippen LogP) is 1.70. The molecular weight excluding hydrogens is 567 g/mol. The van der Waals surface area contributed by atoms with Crippen LogP contribution in [-0.4, -0.2) is 72.8 Å². The van der Waals surface area contributed by atoms with Crippen LogP contribution in [-0.2, 0) is 24.9 Å². The van der Waals surface area contributed by atoms with Gasteiger partial charge in [0.25, 0.3) is 11.2 Å². The van der Waals surface area contributed by atoms with Crippen LogP contribution in [0.3, 0.4) is 0 Å². The van der Waals surface area contributed by atoms with Crippen molar-refractivity contribution in [2.45, 2.75) is 33.1 Å². The molecule has 0 atom stereocenters. The Labute approximate surface area is 235 Å². The first-order valence-electron chi connectivity index (χ1n) is 12.5. The number of imidazole rings is 1. The van der Waals surface area contributed by atoms with Gasteiger partial charge in [0.2, 0.25) is 5.95 Å². The molecule has 0 bridgehead atoms. The summed E-state index contributed by atoms with van der Waals surface area (Å²) >= 11 is 0. The number of hydrogen-bond donors (Lipinski definition) is 2. The molecule has 42 heavy (non-hydrogen) atoms. The zero-order valence-electron chi connectivity index (χ0n) is 22.8. The Balaban J connectivity index is 0.000000616. The molecular formula is C25H28F3N7O7. The highest BCUT2D eigenvalue weighted by molar-refractivity contribution is 5.99. The summed E-state index contributed by atoms with van der Waals surface area (Å²) in [5.41, 5.74) is -0.434. The van der Waals surface area contributed by atoms with Crippen LogP contribution in [0.5, 0.6) is 0 Å². The lowest BCUT2D eigenvalue weighted by Crippen LogP contribution is -2.44. The number of ketones is 1. The summed E-state index contributed by atoms with van der Waals surface area (Å²) in [5, 5.41) is 21.8. The lowest BCUT2D eigenvalue weighted by molar-refractivity contribution is -0.385. The number of aromatic nitrogens is 4. The number of nitro groups is 1. The number of nitrogens with one attached hydrogen (secondary N) is 1. The molecule has 17 heteroatoms. The lowest BCUT2D eigenvalue weighted by atomic mass is 10.1. The van der Waals surface area contributed by atoms with E-state index in [0.717, 1.165) is 23.2 Å². The normalized spacial score (nSPS) is 13.3. The number of allylic oxidation sites excluding steroid dienone is 2. The number of rotatable bonds is 7. The maximum absolute atomic E-state index is 13.6. The van der Waals surface area contributed by atoms with Gasteiger partial charge in [0.05, 0.1) is 17.0 Å². The number of aliphatic carboxylic acids is 1. The van der Waals surface area contributed by atoms with Crippen molar-refractivity contribution in [3.8, 4) is 0 Å². The molecule has 0 radical (unpaired) electrons. The molecule has 1 aliphatic rings. The number of fused-ring (bicyclic) bond motifs is 1. The van der Waals surface area contributed by atoms with Crippen molar-refractivity contribution >= 4 is 34.6 Å². The van der Waals surface area contributed by atoms with E-state index in [0.29, 0.717) is 25.6 Å². The van der Waals surface area contributed by atoms with Gasteiger partial charge in [-0.2, -0.15) is 18.2 Å². The van der Waals surface area contributed by atoms with Gasteiger partial charge in [0, 0.05) is 45.8 Å². The smallest absolute Gasteiger partial charge is 0.475 e.